The summed E-state index contributed by atoms with van der Waals surface area (Å²) < 4.78 is 15.5. The fraction of sp³-hybridized carbons (Fsp3) is 0.200. The van der Waals surface area contributed by atoms with Gasteiger partial charge in [-0.2, -0.15) is 4.40 Å². The van der Waals surface area contributed by atoms with E-state index in [1.54, 1.807) is 6.07 Å². The maximum Gasteiger partial charge on any atom is 0.337 e. The van der Waals surface area contributed by atoms with Gasteiger partial charge in [0, 0.05) is 13.8 Å². The largest absolute Gasteiger partial charge is 0.481 e. The number of carbonyl (C=O) groups excluding carboxylic acids is 1. The Morgan fingerprint density at radius 2 is 1.73 bits per heavy atom. The first-order valence-corrected chi connectivity index (χ1v) is 9.92. The average molecular weight is 401 g/mol. The number of aryl methyl sites for hydroxylation is 1. The highest BCUT2D eigenvalue weighted by Crippen LogP contribution is 2.23. The van der Waals surface area contributed by atoms with Gasteiger partial charge < -0.3 is 9.47 Å². The Morgan fingerprint density at radius 1 is 0.967 bits per heavy atom. The number of hydrogen-bond acceptors (Lipinski definition) is 3. The fourth-order valence-electron chi connectivity index (χ4n) is 3.68. The second kappa shape index (κ2) is 8.41. The van der Waals surface area contributed by atoms with Crippen molar-refractivity contribution in [2.24, 2.45) is 0 Å². The van der Waals surface area contributed by atoms with Crippen molar-refractivity contribution in [2.45, 2.75) is 27.0 Å². The molecule has 30 heavy (non-hydrogen) atoms. The van der Waals surface area contributed by atoms with Crippen LogP contribution < -0.4 is 9.14 Å². The number of ether oxygens (including phenoxy) is 2. The van der Waals surface area contributed by atoms with E-state index in [2.05, 4.69) is 41.1 Å². The van der Waals surface area contributed by atoms with E-state index in [0.29, 0.717) is 18.7 Å². The van der Waals surface area contributed by atoms with Crippen molar-refractivity contribution in [3.8, 4) is 5.75 Å². The summed E-state index contributed by atoms with van der Waals surface area (Å²) in [6.45, 7) is 5.33. The molecule has 152 valence electrons. The van der Waals surface area contributed by atoms with E-state index in [1.165, 1.54) is 7.11 Å². The Hall–Kier alpha value is -3.60. The summed E-state index contributed by atoms with van der Waals surface area (Å²) in [5, 5.41) is 0. The number of imidazole rings is 1. The predicted molar refractivity (Wildman–Crippen MR) is 115 cm³/mol. The minimum absolute atomic E-state index is 0.330. The van der Waals surface area contributed by atoms with Crippen molar-refractivity contribution in [1.29, 1.82) is 0 Å². The molecular formula is C25H25N2O3+. The van der Waals surface area contributed by atoms with Gasteiger partial charge in [-0.15, -0.1) is 0 Å². The summed E-state index contributed by atoms with van der Waals surface area (Å²) in [5.74, 6) is 0.491. The highest BCUT2D eigenvalue weighted by atomic mass is 16.5. The Labute approximate surface area is 176 Å². The molecule has 0 saturated carbocycles. The molecule has 5 heteroatoms. The van der Waals surface area contributed by atoms with Crippen LogP contribution in [0.25, 0.3) is 5.65 Å². The number of benzene rings is 2. The summed E-state index contributed by atoms with van der Waals surface area (Å²) in [6, 6.07) is 21.7. The monoisotopic (exact) mass is 401 g/mol. The van der Waals surface area contributed by atoms with Gasteiger partial charge in [0.2, 0.25) is 5.75 Å². The molecule has 0 aliphatic carbocycles. The predicted octanol–water partition coefficient (Wildman–Crippen LogP) is 4.26. The highest BCUT2D eigenvalue weighted by Gasteiger charge is 2.24. The SMILES string of the molecule is COC(=O)c1cccc(Cn2c(C)c(C)[n+]3cccc(OCc4ccccc4)c23)c1. The van der Waals surface area contributed by atoms with E-state index >= 15 is 0 Å². The van der Waals surface area contributed by atoms with Gasteiger partial charge in [-0.25, -0.2) is 9.36 Å². The van der Waals surface area contributed by atoms with E-state index in [4.69, 9.17) is 9.47 Å². The van der Waals surface area contributed by atoms with Gasteiger partial charge in [-0.3, -0.25) is 0 Å². The zero-order valence-corrected chi connectivity index (χ0v) is 17.5. The Bertz CT molecular complexity index is 1200. The number of nitrogens with zero attached hydrogens (tertiary/aromatic N) is 2. The third-order valence-electron chi connectivity index (χ3n) is 5.40. The minimum atomic E-state index is -0.330. The fourth-order valence-corrected chi connectivity index (χ4v) is 3.68. The quantitative estimate of drug-likeness (QED) is 0.358. The number of aromatic nitrogens is 2. The lowest BCUT2D eigenvalue weighted by Gasteiger charge is -2.08. The van der Waals surface area contributed by atoms with Gasteiger partial charge in [0.25, 0.3) is 0 Å². The molecule has 0 bridgehead atoms. The molecule has 0 atom stereocenters. The van der Waals surface area contributed by atoms with Crippen molar-refractivity contribution < 1.29 is 18.7 Å². The van der Waals surface area contributed by atoms with Crippen LogP contribution in [-0.4, -0.2) is 17.6 Å². The van der Waals surface area contributed by atoms with Crippen LogP contribution in [0.1, 0.15) is 32.9 Å². The van der Waals surface area contributed by atoms with Crippen LogP contribution in [0.15, 0.2) is 72.9 Å². The first-order chi connectivity index (χ1) is 14.6. The molecule has 4 aromatic rings. The van der Waals surface area contributed by atoms with Gasteiger partial charge in [0.15, 0.2) is 0 Å². The number of rotatable bonds is 6. The molecule has 0 amide bonds. The summed E-state index contributed by atoms with van der Waals surface area (Å²) in [5.41, 5.74) is 5.99. The molecule has 2 aromatic heterocycles. The molecule has 2 heterocycles. The second-order valence-electron chi connectivity index (χ2n) is 7.29. The lowest BCUT2D eigenvalue weighted by atomic mass is 10.1. The smallest absolute Gasteiger partial charge is 0.337 e. The lowest BCUT2D eigenvalue weighted by Crippen LogP contribution is -2.23. The summed E-state index contributed by atoms with van der Waals surface area (Å²) in [6.07, 6.45) is 2.05. The number of hydrogen-bond donors (Lipinski definition) is 0. The molecule has 4 rings (SSSR count). The van der Waals surface area contributed by atoms with Gasteiger partial charge in [0.05, 0.1) is 18.9 Å². The Morgan fingerprint density at radius 3 is 2.50 bits per heavy atom. The number of esters is 1. The molecule has 0 spiro atoms. The van der Waals surface area contributed by atoms with Gasteiger partial charge in [-0.1, -0.05) is 42.5 Å². The summed E-state index contributed by atoms with van der Waals surface area (Å²) in [4.78, 5) is 11.9. The van der Waals surface area contributed by atoms with Gasteiger partial charge in [-0.05, 0) is 35.4 Å². The Balaban J connectivity index is 1.72. The number of pyridine rings is 1. The maximum atomic E-state index is 11.9. The van der Waals surface area contributed by atoms with Gasteiger partial charge in [0.1, 0.15) is 24.5 Å². The number of carbonyl (C=O) groups is 1. The summed E-state index contributed by atoms with van der Waals surface area (Å²) in [7, 11) is 1.40. The van der Waals surface area contributed by atoms with Crippen molar-refractivity contribution in [1.82, 2.24) is 4.57 Å². The first kappa shape index (κ1) is 19.7. The summed E-state index contributed by atoms with van der Waals surface area (Å²) >= 11 is 0. The van der Waals surface area contributed by atoms with E-state index in [1.807, 2.05) is 48.5 Å². The zero-order valence-electron chi connectivity index (χ0n) is 17.5. The topological polar surface area (TPSA) is 44.6 Å². The van der Waals surface area contributed by atoms with Crippen LogP contribution >= 0.6 is 0 Å². The van der Waals surface area contributed by atoms with Gasteiger partial charge >= 0.3 is 11.6 Å². The third kappa shape index (κ3) is 3.79. The minimum Gasteiger partial charge on any atom is -0.481 e. The van der Waals surface area contributed by atoms with Crippen molar-refractivity contribution in [2.75, 3.05) is 7.11 Å². The van der Waals surface area contributed by atoms with Crippen LogP contribution in [0.2, 0.25) is 0 Å². The molecule has 0 saturated heterocycles. The average Bonchev–Trinajstić information content (AvgIpc) is 3.03. The standard InChI is InChI=1S/C25H25N2O3/c1-18-19(2)27(16-21-11-7-12-22(15-21)25(28)29-3)24-23(13-8-14-26(18)24)30-17-20-9-5-4-6-10-20/h4-15H,16-17H2,1-3H3/q+1. The molecular weight excluding hydrogens is 376 g/mol. The zero-order chi connectivity index (χ0) is 21.1. The van der Waals surface area contributed by atoms with Crippen LogP contribution in [-0.2, 0) is 17.9 Å². The van der Waals surface area contributed by atoms with E-state index in [-0.39, 0.29) is 5.97 Å². The molecule has 0 aliphatic rings. The molecule has 2 aromatic carbocycles. The maximum absolute atomic E-state index is 11.9. The highest BCUT2D eigenvalue weighted by molar-refractivity contribution is 5.89. The van der Waals surface area contributed by atoms with E-state index in [9.17, 15) is 4.79 Å². The number of methoxy groups -OCH3 is 1. The van der Waals surface area contributed by atoms with Crippen molar-refractivity contribution in [3.05, 3.63) is 101 Å². The Kier molecular flexibility index (Phi) is 5.53. The lowest BCUT2D eigenvalue weighted by molar-refractivity contribution is -0.519. The number of fused-ring (bicyclic) bond motifs is 1. The molecule has 5 nitrogen and oxygen atoms in total. The van der Waals surface area contributed by atoms with Crippen LogP contribution in [0.3, 0.4) is 0 Å². The molecule has 0 unspecified atom stereocenters. The van der Waals surface area contributed by atoms with E-state index in [0.717, 1.165) is 33.9 Å². The van der Waals surface area contributed by atoms with E-state index < -0.39 is 0 Å². The van der Waals surface area contributed by atoms with Crippen LogP contribution in [0.5, 0.6) is 5.75 Å². The van der Waals surface area contributed by atoms with Crippen LogP contribution in [0.4, 0.5) is 0 Å². The first-order valence-electron chi connectivity index (χ1n) is 9.92. The molecule has 0 N–H and O–H groups in total. The molecule has 0 aliphatic heterocycles. The normalized spacial score (nSPS) is 10.9. The van der Waals surface area contributed by atoms with Crippen molar-refractivity contribution in [3.63, 3.8) is 0 Å². The second-order valence-corrected chi connectivity index (χ2v) is 7.29. The molecule has 0 radical (unpaired) electrons. The van der Waals surface area contributed by atoms with Crippen LogP contribution in [0, 0.1) is 13.8 Å². The third-order valence-corrected chi connectivity index (χ3v) is 5.40. The molecule has 0 fully saturated rings. The van der Waals surface area contributed by atoms with Crippen molar-refractivity contribution >= 4 is 11.6 Å².